The summed E-state index contributed by atoms with van der Waals surface area (Å²) in [6, 6.07) is 15.1. The minimum Gasteiger partial charge on any atom is -0.468 e. The lowest BCUT2D eigenvalue weighted by molar-refractivity contribution is 0.357. The van der Waals surface area contributed by atoms with Crippen LogP contribution in [0.2, 0.25) is 0 Å². The lowest BCUT2D eigenvalue weighted by Crippen LogP contribution is -2.31. The third-order valence-electron chi connectivity index (χ3n) is 3.93. The Balaban J connectivity index is 1.96. The fourth-order valence-electron chi connectivity index (χ4n) is 2.88. The molecule has 1 aromatic heterocycles. The molecule has 1 unspecified atom stereocenters. The number of rotatable bonds is 5. The first-order chi connectivity index (χ1) is 8.87. The minimum absolute atomic E-state index is 0.231. The van der Waals surface area contributed by atoms with Gasteiger partial charge < -0.3 is 9.73 Å². The van der Waals surface area contributed by atoms with Crippen LogP contribution in [0, 0.1) is 0 Å². The van der Waals surface area contributed by atoms with Crippen LogP contribution >= 0.6 is 0 Å². The highest BCUT2D eigenvalue weighted by molar-refractivity contribution is 5.36. The molecule has 94 valence electrons. The summed E-state index contributed by atoms with van der Waals surface area (Å²) in [4.78, 5) is 0. The van der Waals surface area contributed by atoms with Crippen LogP contribution in [0.1, 0.15) is 37.1 Å². The molecule has 18 heavy (non-hydrogen) atoms. The SMILES string of the molecule is CCNC(c1ccco1)C1(c2ccccc2)CC1. The molecule has 1 N–H and O–H groups in total. The van der Waals surface area contributed by atoms with Gasteiger partial charge in [0, 0.05) is 5.41 Å². The number of nitrogens with one attached hydrogen (secondary N) is 1. The second-order valence-corrected chi connectivity index (χ2v) is 5.03. The maximum atomic E-state index is 5.63. The number of benzene rings is 1. The maximum Gasteiger partial charge on any atom is 0.121 e. The topological polar surface area (TPSA) is 25.2 Å². The van der Waals surface area contributed by atoms with Crippen LogP contribution < -0.4 is 5.32 Å². The lowest BCUT2D eigenvalue weighted by Gasteiger charge is -2.26. The Kier molecular flexibility index (Phi) is 2.96. The van der Waals surface area contributed by atoms with E-state index in [1.807, 2.05) is 6.07 Å². The third kappa shape index (κ3) is 1.87. The van der Waals surface area contributed by atoms with Crippen LogP contribution in [-0.4, -0.2) is 6.54 Å². The molecule has 1 atom stereocenters. The van der Waals surface area contributed by atoms with Crippen LogP contribution in [-0.2, 0) is 5.41 Å². The molecule has 0 spiro atoms. The van der Waals surface area contributed by atoms with E-state index in [2.05, 4.69) is 48.6 Å². The Bertz CT molecular complexity index is 485. The van der Waals surface area contributed by atoms with E-state index in [9.17, 15) is 0 Å². The molecule has 2 aromatic rings. The Hall–Kier alpha value is -1.54. The summed E-state index contributed by atoms with van der Waals surface area (Å²) >= 11 is 0. The lowest BCUT2D eigenvalue weighted by atomic mass is 9.86. The molecule has 1 aromatic carbocycles. The second kappa shape index (κ2) is 4.62. The van der Waals surface area contributed by atoms with Gasteiger partial charge in [0.25, 0.3) is 0 Å². The van der Waals surface area contributed by atoms with Gasteiger partial charge in [-0.2, -0.15) is 0 Å². The molecule has 3 rings (SSSR count). The zero-order valence-electron chi connectivity index (χ0n) is 10.7. The van der Waals surface area contributed by atoms with E-state index in [4.69, 9.17) is 4.42 Å². The summed E-state index contributed by atoms with van der Waals surface area (Å²) < 4.78 is 5.63. The highest BCUT2D eigenvalue weighted by atomic mass is 16.3. The fraction of sp³-hybridized carbons (Fsp3) is 0.375. The van der Waals surface area contributed by atoms with Crippen molar-refractivity contribution >= 4 is 0 Å². The van der Waals surface area contributed by atoms with Crippen molar-refractivity contribution < 1.29 is 4.42 Å². The van der Waals surface area contributed by atoms with Crippen LogP contribution in [0.15, 0.2) is 53.1 Å². The van der Waals surface area contributed by atoms with Gasteiger partial charge in [0.2, 0.25) is 0 Å². The summed E-state index contributed by atoms with van der Waals surface area (Å²) in [6.07, 6.45) is 4.23. The molecule has 1 saturated carbocycles. The monoisotopic (exact) mass is 241 g/mol. The van der Waals surface area contributed by atoms with Crippen LogP contribution in [0.3, 0.4) is 0 Å². The van der Waals surface area contributed by atoms with E-state index in [-0.39, 0.29) is 5.41 Å². The van der Waals surface area contributed by atoms with E-state index < -0.39 is 0 Å². The highest BCUT2D eigenvalue weighted by Gasteiger charge is 2.51. The minimum atomic E-state index is 0.231. The van der Waals surface area contributed by atoms with Gasteiger partial charge in [-0.3, -0.25) is 0 Å². The van der Waals surface area contributed by atoms with E-state index in [1.54, 1.807) is 6.26 Å². The van der Waals surface area contributed by atoms with E-state index >= 15 is 0 Å². The van der Waals surface area contributed by atoms with Gasteiger partial charge in [-0.15, -0.1) is 0 Å². The summed E-state index contributed by atoms with van der Waals surface area (Å²) in [6.45, 7) is 3.11. The molecule has 0 saturated heterocycles. The fourth-order valence-corrected chi connectivity index (χ4v) is 2.88. The number of hydrogen-bond donors (Lipinski definition) is 1. The first kappa shape index (κ1) is 11.5. The molecular formula is C16H19NO. The number of furan rings is 1. The van der Waals surface area contributed by atoms with Crippen molar-refractivity contribution in [2.45, 2.75) is 31.2 Å². The van der Waals surface area contributed by atoms with Gasteiger partial charge >= 0.3 is 0 Å². The predicted molar refractivity (Wildman–Crippen MR) is 72.5 cm³/mol. The summed E-state index contributed by atoms with van der Waals surface area (Å²) in [7, 11) is 0. The van der Waals surface area contributed by atoms with Crippen LogP contribution in [0.4, 0.5) is 0 Å². The van der Waals surface area contributed by atoms with Crippen molar-refractivity contribution in [3.05, 3.63) is 60.1 Å². The molecule has 1 fully saturated rings. The van der Waals surface area contributed by atoms with E-state index in [1.165, 1.54) is 18.4 Å². The molecule has 0 bridgehead atoms. The quantitative estimate of drug-likeness (QED) is 0.864. The van der Waals surface area contributed by atoms with E-state index in [0.29, 0.717) is 6.04 Å². The Morgan fingerprint density at radius 3 is 2.50 bits per heavy atom. The number of likely N-dealkylation sites (N-methyl/N-ethyl adjacent to an activating group) is 1. The molecule has 1 aliphatic rings. The van der Waals surface area contributed by atoms with Crippen molar-refractivity contribution in [1.29, 1.82) is 0 Å². The molecule has 2 nitrogen and oxygen atoms in total. The first-order valence-electron chi connectivity index (χ1n) is 6.69. The zero-order valence-corrected chi connectivity index (χ0v) is 10.7. The molecule has 1 heterocycles. The number of hydrogen-bond acceptors (Lipinski definition) is 2. The van der Waals surface area contributed by atoms with Crippen molar-refractivity contribution in [1.82, 2.24) is 5.32 Å². The average molecular weight is 241 g/mol. The first-order valence-corrected chi connectivity index (χ1v) is 6.69. The molecule has 0 radical (unpaired) electrons. The molecule has 0 aliphatic heterocycles. The van der Waals surface area contributed by atoms with E-state index in [0.717, 1.165) is 12.3 Å². The van der Waals surface area contributed by atoms with Crippen LogP contribution in [0.25, 0.3) is 0 Å². The smallest absolute Gasteiger partial charge is 0.121 e. The standard InChI is InChI=1S/C16H19NO/c1-2-17-15(14-9-6-12-18-14)16(10-11-16)13-7-4-3-5-8-13/h3-9,12,15,17H,2,10-11H2,1H3. The van der Waals surface area contributed by atoms with Crippen molar-refractivity contribution in [3.63, 3.8) is 0 Å². The highest BCUT2D eigenvalue weighted by Crippen LogP contribution is 2.56. The van der Waals surface area contributed by atoms with Crippen molar-refractivity contribution in [2.75, 3.05) is 6.54 Å². The predicted octanol–water partition coefficient (Wildman–Crippen LogP) is 3.66. The zero-order chi connectivity index (χ0) is 12.4. The van der Waals surface area contributed by atoms with Gasteiger partial charge in [0.05, 0.1) is 12.3 Å². The Morgan fingerprint density at radius 2 is 1.94 bits per heavy atom. The molecular weight excluding hydrogens is 222 g/mol. The molecule has 0 amide bonds. The summed E-state index contributed by atoms with van der Waals surface area (Å²) in [5.74, 6) is 1.05. The average Bonchev–Trinajstić information content (AvgIpc) is 3.04. The van der Waals surface area contributed by atoms with Gasteiger partial charge in [-0.05, 0) is 37.1 Å². The van der Waals surface area contributed by atoms with Crippen LogP contribution in [0.5, 0.6) is 0 Å². The van der Waals surface area contributed by atoms with Crippen molar-refractivity contribution in [2.24, 2.45) is 0 Å². The van der Waals surface area contributed by atoms with Crippen molar-refractivity contribution in [3.8, 4) is 0 Å². The van der Waals surface area contributed by atoms with Gasteiger partial charge in [-0.25, -0.2) is 0 Å². The van der Waals surface area contributed by atoms with Gasteiger partial charge in [-0.1, -0.05) is 37.3 Å². The Morgan fingerprint density at radius 1 is 1.17 bits per heavy atom. The van der Waals surface area contributed by atoms with Gasteiger partial charge in [0.1, 0.15) is 5.76 Å². The molecule has 2 heteroatoms. The van der Waals surface area contributed by atoms with Gasteiger partial charge in [0.15, 0.2) is 0 Å². The summed E-state index contributed by atoms with van der Waals surface area (Å²) in [5, 5.41) is 3.59. The normalized spacial score (nSPS) is 18.5. The Labute approximate surface area is 108 Å². The molecule has 1 aliphatic carbocycles. The summed E-state index contributed by atoms with van der Waals surface area (Å²) in [5.41, 5.74) is 1.65. The second-order valence-electron chi connectivity index (χ2n) is 5.03. The third-order valence-corrected chi connectivity index (χ3v) is 3.93. The maximum absolute atomic E-state index is 5.63. The largest absolute Gasteiger partial charge is 0.468 e.